The first-order valence-corrected chi connectivity index (χ1v) is 13.7. The third-order valence-electron chi connectivity index (χ3n) is 7.31. The van der Waals surface area contributed by atoms with E-state index in [2.05, 4.69) is 16.6 Å². The first kappa shape index (κ1) is 28.1. The molecule has 0 aliphatic carbocycles. The molecule has 214 valence electrons. The first-order valence-electron chi connectivity index (χ1n) is 13.7. The summed E-state index contributed by atoms with van der Waals surface area (Å²) in [5.74, 6) is 0.356. The van der Waals surface area contributed by atoms with Crippen LogP contribution >= 0.6 is 0 Å². The van der Waals surface area contributed by atoms with E-state index in [0.717, 1.165) is 22.5 Å². The summed E-state index contributed by atoms with van der Waals surface area (Å²) in [6.45, 7) is 11.2. The number of ether oxygens (including phenoxy) is 1. The van der Waals surface area contributed by atoms with Crippen LogP contribution in [0.15, 0.2) is 67.5 Å². The second kappa shape index (κ2) is 12.0. The smallest absolute Gasteiger partial charge is 0.410 e. The number of anilines is 1. The molecule has 3 heterocycles. The van der Waals surface area contributed by atoms with Crippen LogP contribution < -0.4 is 4.90 Å². The normalized spacial score (nSPS) is 14.3. The molecular formula is C31H35FN6O3. The summed E-state index contributed by atoms with van der Waals surface area (Å²) in [4.78, 5) is 16.6. The van der Waals surface area contributed by atoms with Gasteiger partial charge >= 0.3 is 6.09 Å². The lowest BCUT2D eigenvalue weighted by Crippen LogP contribution is -2.49. The Labute approximate surface area is 239 Å². The maximum atomic E-state index is 14.0. The van der Waals surface area contributed by atoms with Crippen molar-refractivity contribution in [2.45, 2.75) is 33.1 Å². The molecule has 0 radical (unpaired) electrons. The van der Waals surface area contributed by atoms with Gasteiger partial charge in [0.05, 0.1) is 6.10 Å². The minimum Gasteiger partial charge on any atom is -0.445 e. The molecule has 1 aliphatic rings. The number of piperazine rings is 1. The van der Waals surface area contributed by atoms with E-state index in [-0.39, 0.29) is 12.7 Å². The summed E-state index contributed by atoms with van der Waals surface area (Å²) in [6.07, 6.45) is 2.64. The Morgan fingerprint density at radius 1 is 1.07 bits per heavy atom. The summed E-state index contributed by atoms with van der Waals surface area (Å²) in [5, 5.41) is 19.9. The minimum absolute atomic E-state index is 0.239. The fourth-order valence-electron chi connectivity index (χ4n) is 5.08. The SMILES string of the molecule is C=C(c1cn(C)nc1-c1ccc(F)cc1[C@@H](C)O)c1cn(CC)nc1N1CCN(C(=O)OCc2ccccc2)CC1. The van der Waals surface area contributed by atoms with Crippen molar-refractivity contribution in [3.05, 3.63) is 95.6 Å². The molecule has 10 heteroatoms. The van der Waals surface area contributed by atoms with Crippen molar-refractivity contribution in [3.8, 4) is 11.3 Å². The average molecular weight is 559 g/mol. The molecule has 1 atom stereocenters. The second-order valence-corrected chi connectivity index (χ2v) is 10.2. The molecule has 5 rings (SSSR count). The van der Waals surface area contributed by atoms with Gasteiger partial charge in [-0.15, -0.1) is 0 Å². The molecule has 1 saturated heterocycles. The molecule has 9 nitrogen and oxygen atoms in total. The molecule has 1 amide bonds. The number of carbonyl (C=O) groups excluding carboxylic acids is 1. The number of rotatable bonds is 8. The lowest BCUT2D eigenvalue weighted by Gasteiger charge is -2.34. The highest BCUT2D eigenvalue weighted by molar-refractivity contribution is 5.90. The van der Waals surface area contributed by atoms with E-state index in [1.807, 2.05) is 61.4 Å². The molecule has 4 aromatic rings. The standard InChI is InChI=1S/C31H35FN6O3/c1-5-38-19-28(21(2)27-18-35(4)33-29(27)25-12-11-24(32)17-26(25)22(3)39)30(34-38)36-13-15-37(16-14-36)31(40)41-20-23-9-7-6-8-10-23/h6-12,17-19,22,39H,2,5,13-16,20H2,1,3-4H3/t22-/m1/s1. The number of hydrogen-bond acceptors (Lipinski definition) is 6. The van der Waals surface area contributed by atoms with Gasteiger partial charge in [0, 0.05) is 68.9 Å². The van der Waals surface area contributed by atoms with Crippen LogP contribution in [0.5, 0.6) is 0 Å². The van der Waals surface area contributed by atoms with Gasteiger partial charge in [-0.2, -0.15) is 10.2 Å². The number of carbonyl (C=O) groups is 1. The number of aliphatic hydroxyl groups is 1. The lowest BCUT2D eigenvalue weighted by atomic mass is 9.94. The van der Waals surface area contributed by atoms with Crippen molar-refractivity contribution >= 4 is 17.5 Å². The Hall–Kier alpha value is -4.44. The van der Waals surface area contributed by atoms with E-state index in [9.17, 15) is 14.3 Å². The summed E-state index contributed by atoms with van der Waals surface area (Å²) >= 11 is 0. The number of hydrogen-bond donors (Lipinski definition) is 1. The number of aliphatic hydroxyl groups excluding tert-OH is 1. The monoisotopic (exact) mass is 558 g/mol. The van der Waals surface area contributed by atoms with Crippen molar-refractivity contribution in [3.63, 3.8) is 0 Å². The van der Waals surface area contributed by atoms with Gasteiger partial charge in [0.1, 0.15) is 18.1 Å². The zero-order valence-electron chi connectivity index (χ0n) is 23.6. The number of amides is 1. The highest BCUT2D eigenvalue weighted by Crippen LogP contribution is 2.37. The number of nitrogens with zero attached hydrogens (tertiary/aromatic N) is 6. The fraction of sp³-hybridized carbons (Fsp3) is 0.323. The summed E-state index contributed by atoms with van der Waals surface area (Å²) < 4.78 is 23.1. The van der Waals surface area contributed by atoms with E-state index in [4.69, 9.17) is 9.84 Å². The van der Waals surface area contributed by atoms with Gasteiger partial charge in [0.15, 0.2) is 5.82 Å². The molecule has 0 spiro atoms. The van der Waals surface area contributed by atoms with Crippen molar-refractivity contribution in [1.82, 2.24) is 24.5 Å². The summed E-state index contributed by atoms with van der Waals surface area (Å²) in [6, 6.07) is 14.0. The molecule has 2 aromatic heterocycles. The molecule has 0 bridgehead atoms. The maximum absolute atomic E-state index is 14.0. The van der Waals surface area contributed by atoms with E-state index < -0.39 is 11.9 Å². The molecule has 1 fully saturated rings. The van der Waals surface area contributed by atoms with E-state index >= 15 is 0 Å². The van der Waals surface area contributed by atoms with E-state index in [1.54, 1.807) is 22.6 Å². The average Bonchev–Trinajstić information content (AvgIpc) is 3.60. The first-order chi connectivity index (χ1) is 19.7. The molecule has 0 unspecified atom stereocenters. The van der Waals surface area contributed by atoms with Gasteiger partial charge < -0.3 is 19.6 Å². The molecular weight excluding hydrogens is 523 g/mol. The highest BCUT2D eigenvalue weighted by atomic mass is 19.1. The van der Waals surface area contributed by atoms with Crippen molar-refractivity contribution < 1.29 is 19.0 Å². The Balaban J connectivity index is 1.36. The van der Waals surface area contributed by atoms with E-state index in [0.29, 0.717) is 55.1 Å². The van der Waals surface area contributed by atoms with Crippen molar-refractivity contribution in [2.75, 3.05) is 31.1 Å². The van der Waals surface area contributed by atoms with Crippen LogP contribution in [0.25, 0.3) is 16.8 Å². The molecule has 0 saturated carbocycles. The van der Waals surface area contributed by atoms with Crippen LogP contribution in [-0.4, -0.2) is 61.8 Å². The van der Waals surface area contributed by atoms with Crippen LogP contribution in [-0.2, 0) is 24.9 Å². The zero-order valence-corrected chi connectivity index (χ0v) is 23.6. The largest absolute Gasteiger partial charge is 0.445 e. The molecule has 1 aliphatic heterocycles. The van der Waals surface area contributed by atoms with Gasteiger partial charge in [0.2, 0.25) is 0 Å². The Kier molecular flexibility index (Phi) is 8.21. The van der Waals surface area contributed by atoms with Crippen LogP contribution in [0.1, 0.15) is 42.2 Å². The van der Waals surface area contributed by atoms with E-state index in [1.165, 1.54) is 12.1 Å². The molecule has 2 aromatic carbocycles. The predicted octanol–water partition coefficient (Wildman–Crippen LogP) is 5.02. The summed E-state index contributed by atoms with van der Waals surface area (Å²) in [7, 11) is 1.82. The Morgan fingerprint density at radius 3 is 2.49 bits per heavy atom. The molecule has 41 heavy (non-hydrogen) atoms. The molecule has 1 N–H and O–H groups in total. The van der Waals surface area contributed by atoms with Gasteiger partial charge in [-0.3, -0.25) is 9.36 Å². The third kappa shape index (κ3) is 6.02. The Bertz CT molecular complexity index is 1540. The second-order valence-electron chi connectivity index (χ2n) is 10.2. The number of halogens is 1. The van der Waals surface area contributed by atoms with Crippen molar-refractivity contribution in [2.24, 2.45) is 7.05 Å². The quantitative estimate of drug-likeness (QED) is 0.327. The van der Waals surface area contributed by atoms with Gasteiger partial charge in [-0.1, -0.05) is 36.9 Å². The number of aryl methyl sites for hydroxylation is 2. The summed E-state index contributed by atoms with van der Waals surface area (Å²) in [5.41, 5.74) is 4.98. The van der Waals surface area contributed by atoms with Crippen molar-refractivity contribution in [1.29, 1.82) is 0 Å². The number of aromatic nitrogens is 4. The van der Waals surface area contributed by atoms with Crippen LogP contribution in [0, 0.1) is 5.82 Å². The maximum Gasteiger partial charge on any atom is 0.410 e. The third-order valence-corrected chi connectivity index (χ3v) is 7.31. The zero-order chi connectivity index (χ0) is 29.1. The minimum atomic E-state index is -0.877. The fourth-order valence-corrected chi connectivity index (χ4v) is 5.08. The van der Waals surface area contributed by atoms with Crippen LogP contribution in [0.4, 0.5) is 15.0 Å². The van der Waals surface area contributed by atoms with Gasteiger partial charge in [0.25, 0.3) is 0 Å². The Morgan fingerprint density at radius 2 is 1.80 bits per heavy atom. The topological polar surface area (TPSA) is 88.7 Å². The lowest BCUT2D eigenvalue weighted by molar-refractivity contribution is 0.0941. The van der Waals surface area contributed by atoms with Crippen LogP contribution in [0.3, 0.4) is 0 Å². The predicted molar refractivity (Wildman–Crippen MR) is 156 cm³/mol. The highest BCUT2D eigenvalue weighted by Gasteiger charge is 2.28. The number of benzene rings is 2. The van der Waals surface area contributed by atoms with Gasteiger partial charge in [-0.05, 0) is 48.7 Å². The van der Waals surface area contributed by atoms with Gasteiger partial charge in [-0.25, -0.2) is 9.18 Å². The van der Waals surface area contributed by atoms with Crippen LogP contribution in [0.2, 0.25) is 0 Å².